The van der Waals surface area contributed by atoms with Crippen molar-refractivity contribution in [1.82, 2.24) is 5.32 Å². The highest BCUT2D eigenvalue weighted by Gasteiger charge is 2.21. The number of carbonyl (C=O) groups excluding carboxylic acids is 2. The van der Waals surface area contributed by atoms with E-state index in [9.17, 15) is 19.5 Å². The van der Waals surface area contributed by atoms with Crippen molar-refractivity contribution in [3.8, 4) is 11.1 Å². The van der Waals surface area contributed by atoms with E-state index in [2.05, 4.69) is 16.7 Å². The summed E-state index contributed by atoms with van der Waals surface area (Å²) < 4.78 is 0. The van der Waals surface area contributed by atoms with Crippen molar-refractivity contribution in [2.45, 2.75) is 19.0 Å². The first kappa shape index (κ1) is 29.2. The van der Waals surface area contributed by atoms with Crippen molar-refractivity contribution < 1.29 is 19.5 Å². The number of hydrogen-bond donors (Lipinski definition) is 3. The quantitative estimate of drug-likeness (QED) is 0.137. The van der Waals surface area contributed by atoms with Gasteiger partial charge in [-0.25, -0.2) is 4.79 Å². The van der Waals surface area contributed by atoms with E-state index < -0.39 is 12.0 Å². The lowest BCUT2D eigenvalue weighted by molar-refractivity contribution is -0.137. The third-order valence-corrected chi connectivity index (χ3v) is 7.20. The molecule has 0 heterocycles. The Bertz CT molecular complexity index is 1700. The predicted octanol–water partition coefficient (Wildman–Crippen LogP) is 6.66. The Morgan fingerprint density at radius 2 is 1.28 bits per heavy atom. The number of hydrogen-bond acceptors (Lipinski definition) is 5. The van der Waals surface area contributed by atoms with Gasteiger partial charge in [0.15, 0.2) is 11.6 Å². The van der Waals surface area contributed by atoms with E-state index in [-0.39, 0.29) is 24.5 Å². The van der Waals surface area contributed by atoms with Gasteiger partial charge in [0.2, 0.25) is 0 Å². The number of rotatable bonds is 13. The summed E-state index contributed by atoms with van der Waals surface area (Å²) in [4.78, 5) is 37.7. The molecular weight excluding hydrogens is 536 g/mol. The maximum absolute atomic E-state index is 13.1. The number of carbonyl (C=O) groups is 3. The highest BCUT2D eigenvalue weighted by molar-refractivity contribution is 6.12. The van der Waals surface area contributed by atoms with Crippen LogP contribution in [0.15, 0.2) is 133 Å². The first-order valence-corrected chi connectivity index (χ1v) is 14.1. The van der Waals surface area contributed by atoms with Crippen LogP contribution in [0.3, 0.4) is 0 Å². The lowest BCUT2D eigenvalue weighted by Crippen LogP contribution is -2.32. The molecule has 0 radical (unpaired) electrons. The number of Topliss-reactive ketones (excluding diaryl/α,β-unsaturated/α-hetero) is 1. The molecule has 214 valence electrons. The van der Waals surface area contributed by atoms with Crippen LogP contribution in [0.5, 0.6) is 0 Å². The Kier molecular flexibility index (Phi) is 9.52. The van der Waals surface area contributed by atoms with Gasteiger partial charge >= 0.3 is 5.97 Å². The van der Waals surface area contributed by atoms with Crippen LogP contribution in [0.2, 0.25) is 0 Å². The van der Waals surface area contributed by atoms with E-state index in [0.29, 0.717) is 28.9 Å². The van der Waals surface area contributed by atoms with Crippen LogP contribution >= 0.6 is 0 Å². The molecule has 6 nitrogen and oxygen atoms in total. The summed E-state index contributed by atoms with van der Waals surface area (Å²) in [6, 6.07) is 40.1. The summed E-state index contributed by atoms with van der Waals surface area (Å²) in [6.45, 7) is 0.817. The molecule has 0 aromatic heterocycles. The topological polar surface area (TPSA) is 95.5 Å². The van der Waals surface area contributed by atoms with Crippen molar-refractivity contribution in [3.05, 3.63) is 161 Å². The minimum atomic E-state index is -1.00. The highest BCUT2D eigenvalue weighted by atomic mass is 16.4. The minimum absolute atomic E-state index is 0.0489. The Morgan fingerprint density at radius 1 is 0.628 bits per heavy atom. The molecular formula is C37H32N2O4. The first-order valence-electron chi connectivity index (χ1n) is 14.1. The van der Waals surface area contributed by atoms with Crippen LogP contribution in [0.1, 0.15) is 37.4 Å². The molecule has 0 aliphatic carbocycles. The standard InChI is InChI=1S/C37H32N2O4/c40-35(29-11-3-1-4-12-29)25-38-24-27-10-9-15-31(22-27)28-20-18-26(19-21-28)23-34(37(42)43)39-33-17-8-7-16-32(33)36(41)30-13-5-2-6-14-30/h1-22,34,38-39H,23-25H2,(H,42,43)/t34-/m0/s1. The van der Waals surface area contributed by atoms with Gasteiger partial charge in [-0.15, -0.1) is 0 Å². The van der Waals surface area contributed by atoms with Crippen molar-refractivity contribution in [1.29, 1.82) is 0 Å². The summed E-state index contributed by atoms with van der Waals surface area (Å²) in [6.07, 6.45) is 0.239. The number of anilines is 1. The maximum atomic E-state index is 13.1. The number of ketones is 2. The molecule has 43 heavy (non-hydrogen) atoms. The summed E-state index contributed by atoms with van der Waals surface area (Å²) in [5.74, 6) is -1.12. The van der Waals surface area contributed by atoms with E-state index in [4.69, 9.17) is 0 Å². The molecule has 1 atom stereocenters. The number of carboxylic acid groups (broad SMARTS) is 1. The van der Waals surface area contributed by atoms with Gasteiger partial charge in [0.25, 0.3) is 0 Å². The number of benzene rings is 5. The molecule has 5 aromatic rings. The first-order chi connectivity index (χ1) is 21.0. The predicted molar refractivity (Wildman–Crippen MR) is 169 cm³/mol. The molecule has 0 saturated carbocycles. The number of aliphatic carboxylic acids is 1. The van der Waals surface area contributed by atoms with Crippen molar-refractivity contribution >= 4 is 23.2 Å². The number of para-hydroxylation sites is 1. The largest absolute Gasteiger partial charge is 0.480 e. The number of nitrogens with one attached hydrogen (secondary N) is 2. The Balaban J connectivity index is 1.23. The van der Waals surface area contributed by atoms with E-state index in [1.165, 1.54) is 0 Å². The zero-order chi connectivity index (χ0) is 30.0. The molecule has 0 aliphatic rings. The molecule has 0 saturated heterocycles. The van der Waals surface area contributed by atoms with Crippen LogP contribution in [0, 0.1) is 0 Å². The summed E-state index contributed by atoms with van der Waals surface area (Å²) >= 11 is 0. The average Bonchev–Trinajstić information content (AvgIpc) is 3.05. The second kappa shape index (κ2) is 14.0. The zero-order valence-electron chi connectivity index (χ0n) is 23.6. The van der Waals surface area contributed by atoms with Crippen LogP contribution in [-0.4, -0.2) is 35.2 Å². The maximum Gasteiger partial charge on any atom is 0.326 e. The molecule has 6 heteroatoms. The fourth-order valence-corrected chi connectivity index (χ4v) is 4.92. The molecule has 0 bridgehead atoms. The van der Waals surface area contributed by atoms with E-state index >= 15 is 0 Å². The Labute approximate surface area is 251 Å². The second-order valence-electron chi connectivity index (χ2n) is 10.3. The van der Waals surface area contributed by atoms with E-state index in [1.807, 2.05) is 78.9 Å². The van der Waals surface area contributed by atoms with Gasteiger partial charge in [0.05, 0.1) is 6.54 Å². The molecule has 0 fully saturated rings. The molecule has 0 unspecified atom stereocenters. The fourth-order valence-electron chi connectivity index (χ4n) is 4.92. The fraction of sp³-hybridized carbons (Fsp3) is 0.108. The molecule has 5 aromatic carbocycles. The molecule has 3 N–H and O–H groups in total. The van der Waals surface area contributed by atoms with Crippen LogP contribution in [0.4, 0.5) is 5.69 Å². The summed E-state index contributed by atoms with van der Waals surface area (Å²) in [5.41, 5.74) is 6.08. The third-order valence-electron chi connectivity index (χ3n) is 7.20. The minimum Gasteiger partial charge on any atom is -0.480 e. The third kappa shape index (κ3) is 7.70. The van der Waals surface area contributed by atoms with Gasteiger partial charge in [-0.2, -0.15) is 0 Å². The molecule has 0 amide bonds. The Morgan fingerprint density at radius 3 is 1.98 bits per heavy atom. The van der Waals surface area contributed by atoms with Crippen LogP contribution < -0.4 is 10.6 Å². The van der Waals surface area contributed by atoms with Gasteiger partial charge in [0.1, 0.15) is 6.04 Å². The lowest BCUT2D eigenvalue weighted by Gasteiger charge is -2.18. The summed E-state index contributed by atoms with van der Waals surface area (Å²) in [5, 5.41) is 16.3. The number of carboxylic acids is 1. The van der Waals surface area contributed by atoms with Crippen molar-refractivity contribution in [3.63, 3.8) is 0 Å². The van der Waals surface area contributed by atoms with Gasteiger partial charge in [-0.1, -0.05) is 115 Å². The molecule has 0 aliphatic heterocycles. The second-order valence-corrected chi connectivity index (χ2v) is 10.3. The average molecular weight is 569 g/mol. The van der Waals surface area contributed by atoms with Crippen molar-refractivity contribution in [2.75, 3.05) is 11.9 Å². The van der Waals surface area contributed by atoms with E-state index in [1.54, 1.807) is 48.5 Å². The van der Waals surface area contributed by atoms with Gasteiger partial charge in [-0.05, 0) is 40.5 Å². The van der Waals surface area contributed by atoms with Crippen molar-refractivity contribution in [2.24, 2.45) is 0 Å². The van der Waals surface area contributed by atoms with Gasteiger partial charge in [0, 0.05) is 35.3 Å². The smallest absolute Gasteiger partial charge is 0.326 e. The molecule has 5 rings (SSSR count). The van der Waals surface area contributed by atoms with Gasteiger partial charge in [-0.3, -0.25) is 9.59 Å². The monoisotopic (exact) mass is 568 g/mol. The van der Waals surface area contributed by atoms with Crippen LogP contribution in [0.25, 0.3) is 11.1 Å². The van der Waals surface area contributed by atoms with Crippen LogP contribution in [-0.2, 0) is 17.8 Å². The van der Waals surface area contributed by atoms with Gasteiger partial charge < -0.3 is 15.7 Å². The summed E-state index contributed by atoms with van der Waals surface area (Å²) in [7, 11) is 0. The SMILES string of the molecule is O=C(CNCc1cccc(-c2ccc(C[C@H](Nc3ccccc3C(=O)c3ccccc3)C(=O)O)cc2)c1)c1ccccc1. The molecule has 0 spiro atoms. The van der Waals surface area contributed by atoms with E-state index in [0.717, 1.165) is 22.3 Å². The highest BCUT2D eigenvalue weighted by Crippen LogP contribution is 2.24. The lowest BCUT2D eigenvalue weighted by atomic mass is 9.98. The normalized spacial score (nSPS) is 11.4. The Hall–Kier alpha value is -5.33. The zero-order valence-corrected chi connectivity index (χ0v) is 23.6.